The van der Waals surface area contributed by atoms with Crippen LogP contribution in [0.3, 0.4) is 0 Å². The molecule has 1 aromatic heterocycles. The quantitative estimate of drug-likeness (QED) is 0.813. The molecule has 1 unspecified atom stereocenters. The summed E-state index contributed by atoms with van der Waals surface area (Å²) in [6.45, 7) is 4.57. The summed E-state index contributed by atoms with van der Waals surface area (Å²) < 4.78 is 6.14. The number of halogens is 1. The smallest absolute Gasteiger partial charge is 0.317 e. The van der Waals surface area contributed by atoms with Crippen LogP contribution in [0.2, 0.25) is 0 Å². The second kappa shape index (κ2) is 6.52. The van der Waals surface area contributed by atoms with Crippen LogP contribution in [0.15, 0.2) is 3.92 Å². The Morgan fingerprint density at radius 3 is 2.52 bits per heavy atom. The highest BCUT2D eigenvalue weighted by molar-refractivity contribution is 9.11. The Balaban J connectivity index is 1.39. The van der Waals surface area contributed by atoms with Gasteiger partial charge in [0.2, 0.25) is 5.13 Å². The van der Waals surface area contributed by atoms with Gasteiger partial charge < -0.3 is 19.9 Å². The summed E-state index contributed by atoms with van der Waals surface area (Å²) in [6, 6.07) is 0.361. The average molecular weight is 402 g/mol. The van der Waals surface area contributed by atoms with Crippen LogP contribution < -0.4 is 10.2 Å². The number of aromatic nitrogens is 2. The van der Waals surface area contributed by atoms with Gasteiger partial charge in [0.15, 0.2) is 3.92 Å². The Morgan fingerprint density at radius 1 is 1.22 bits per heavy atom. The van der Waals surface area contributed by atoms with Gasteiger partial charge in [-0.05, 0) is 40.6 Å². The van der Waals surface area contributed by atoms with Crippen molar-refractivity contribution in [3.8, 4) is 0 Å². The van der Waals surface area contributed by atoms with Gasteiger partial charge >= 0.3 is 6.03 Å². The molecule has 2 bridgehead atoms. The number of hydrogen-bond donors (Lipinski definition) is 1. The first-order chi connectivity index (χ1) is 11.2. The number of carbonyl (C=O) groups is 1. The lowest BCUT2D eigenvalue weighted by atomic mass is 9.92. The molecule has 3 fully saturated rings. The number of fused-ring (bicyclic) bond motifs is 2. The van der Waals surface area contributed by atoms with Crippen LogP contribution >= 0.6 is 27.3 Å². The fourth-order valence-electron chi connectivity index (χ4n) is 3.94. The normalized spacial score (nSPS) is 30.6. The van der Waals surface area contributed by atoms with E-state index in [2.05, 4.69) is 36.3 Å². The number of rotatable bonds is 2. The third kappa shape index (κ3) is 3.18. The molecule has 9 heteroatoms. The Kier molecular flexibility index (Phi) is 4.42. The van der Waals surface area contributed by atoms with Gasteiger partial charge in [-0.1, -0.05) is 11.3 Å². The molecule has 4 rings (SSSR count). The summed E-state index contributed by atoms with van der Waals surface area (Å²) in [7, 11) is 0. The van der Waals surface area contributed by atoms with E-state index in [1.807, 2.05) is 4.90 Å². The largest absolute Gasteiger partial charge is 0.378 e. The van der Waals surface area contributed by atoms with Crippen molar-refractivity contribution in [2.45, 2.75) is 18.9 Å². The summed E-state index contributed by atoms with van der Waals surface area (Å²) in [5.41, 5.74) is 0. The molecule has 3 heterocycles. The summed E-state index contributed by atoms with van der Waals surface area (Å²) in [4.78, 5) is 16.7. The second-order valence-electron chi connectivity index (χ2n) is 6.41. The third-order valence-electron chi connectivity index (χ3n) is 5.08. The molecule has 0 spiro atoms. The van der Waals surface area contributed by atoms with E-state index >= 15 is 0 Å². The Morgan fingerprint density at radius 2 is 1.91 bits per heavy atom. The maximum absolute atomic E-state index is 12.5. The Labute approximate surface area is 147 Å². The first-order valence-electron chi connectivity index (χ1n) is 8.08. The maximum atomic E-state index is 12.5. The van der Waals surface area contributed by atoms with E-state index in [0.29, 0.717) is 38.1 Å². The number of nitrogens with one attached hydrogen (secondary N) is 1. The van der Waals surface area contributed by atoms with Crippen LogP contribution in [0.4, 0.5) is 9.93 Å². The van der Waals surface area contributed by atoms with Gasteiger partial charge in [0.25, 0.3) is 0 Å². The van der Waals surface area contributed by atoms with Crippen molar-refractivity contribution >= 4 is 38.4 Å². The highest BCUT2D eigenvalue weighted by Gasteiger charge is 2.44. The van der Waals surface area contributed by atoms with E-state index in [4.69, 9.17) is 4.74 Å². The zero-order valence-electron chi connectivity index (χ0n) is 12.8. The predicted molar refractivity (Wildman–Crippen MR) is 90.7 cm³/mol. The van der Waals surface area contributed by atoms with E-state index < -0.39 is 0 Å². The van der Waals surface area contributed by atoms with Gasteiger partial charge in [-0.25, -0.2) is 4.79 Å². The van der Waals surface area contributed by atoms with Crippen LogP contribution in [-0.2, 0) is 4.74 Å². The molecule has 0 radical (unpaired) electrons. The first-order valence-corrected chi connectivity index (χ1v) is 9.69. The van der Waals surface area contributed by atoms with Gasteiger partial charge in [-0.15, -0.1) is 10.2 Å². The molecule has 1 saturated carbocycles. The van der Waals surface area contributed by atoms with Crippen molar-refractivity contribution < 1.29 is 9.53 Å². The van der Waals surface area contributed by atoms with E-state index in [1.54, 1.807) is 11.3 Å². The highest BCUT2D eigenvalue weighted by atomic mass is 79.9. The molecule has 7 nitrogen and oxygen atoms in total. The lowest BCUT2D eigenvalue weighted by molar-refractivity contribution is 0.0515. The standard InChI is InChI=1S/C14H20BrN5O2S/c15-12-17-18-14(23-12)20-7-9-1-2-10(8-20)11(9)16-13(21)19-3-5-22-6-4-19/h9-11H,1-8H2,(H,16,21)/t9-,10+,11?. The van der Waals surface area contributed by atoms with Crippen LogP contribution in [0.5, 0.6) is 0 Å². The second-order valence-corrected chi connectivity index (χ2v) is 8.65. The molecule has 3 aliphatic rings. The van der Waals surface area contributed by atoms with Gasteiger partial charge in [-0.2, -0.15) is 0 Å². The monoisotopic (exact) mass is 401 g/mol. The molecule has 23 heavy (non-hydrogen) atoms. The van der Waals surface area contributed by atoms with Crippen molar-refractivity contribution in [1.82, 2.24) is 20.4 Å². The third-order valence-corrected chi connectivity index (χ3v) is 6.50. The Bertz CT molecular complexity index is 565. The van der Waals surface area contributed by atoms with Crippen LogP contribution in [0.25, 0.3) is 0 Å². The SMILES string of the molecule is O=C(NC1[C@@H]2CC[C@H]1CN(c1nnc(Br)s1)C2)N1CCOCC1. The minimum absolute atomic E-state index is 0.0716. The van der Waals surface area contributed by atoms with Gasteiger partial charge in [0.05, 0.1) is 13.2 Å². The molecule has 0 aromatic carbocycles. The highest BCUT2D eigenvalue weighted by Crippen LogP contribution is 2.39. The summed E-state index contributed by atoms with van der Waals surface area (Å²) in [6.07, 6.45) is 2.35. The van der Waals surface area contributed by atoms with Gasteiger partial charge in [0, 0.05) is 32.2 Å². The van der Waals surface area contributed by atoms with E-state index in [1.165, 1.54) is 12.8 Å². The fraction of sp³-hybridized carbons (Fsp3) is 0.786. The number of anilines is 1. The van der Waals surface area contributed by atoms with Crippen molar-refractivity contribution in [1.29, 1.82) is 0 Å². The number of carbonyl (C=O) groups excluding carboxylic acids is 1. The molecule has 1 aromatic rings. The van der Waals surface area contributed by atoms with Crippen LogP contribution in [0.1, 0.15) is 12.8 Å². The number of morpholine rings is 1. The number of nitrogens with zero attached hydrogens (tertiary/aromatic N) is 4. The zero-order chi connectivity index (χ0) is 15.8. The maximum Gasteiger partial charge on any atom is 0.317 e. The number of hydrogen-bond acceptors (Lipinski definition) is 6. The molecule has 3 atom stereocenters. The molecule has 2 saturated heterocycles. The minimum Gasteiger partial charge on any atom is -0.378 e. The fourth-order valence-corrected chi connectivity index (χ4v) is 5.05. The van der Waals surface area contributed by atoms with E-state index in [9.17, 15) is 4.79 Å². The summed E-state index contributed by atoms with van der Waals surface area (Å²) in [5.74, 6) is 1.00. The van der Waals surface area contributed by atoms with Crippen molar-refractivity contribution in [2.24, 2.45) is 11.8 Å². The molecule has 126 valence electrons. The molecule has 2 aliphatic heterocycles. The summed E-state index contributed by atoms with van der Waals surface area (Å²) in [5, 5.41) is 12.5. The average Bonchev–Trinajstić information content (AvgIpc) is 3.09. The van der Waals surface area contributed by atoms with Gasteiger partial charge in [0.1, 0.15) is 0 Å². The molecule has 2 amide bonds. The summed E-state index contributed by atoms with van der Waals surface area (Å²) >= 11 is 4.95. The van der Waals surface area contributed by atoms with Crippen LogP contribution in [0, 0.1) is 11.8 Å². The van der Waals surface area contributed by atoms with Crippen molar-refractivity contribution in [2.75, 3.05) is 44.3 Å². The predicted octanol–water partition coefficient (Wildman–Crippen LogP) is 1.56. The minimum atomic E-state index is 0.0716. The lowest BCUT2D eigenvalue weighted by Gasteiger charge is -2.39. The first kappa shape index (κ1) is 15.6. The molecular weight excluding hydrogens is 382 g/mol. The van der Waals surface area contributed by atoms with Crippen molar-refractivity contribution in [3.05, 3.63) is 3.92 Å². The number of piperidine rings is 1. The Hall–Kier alpha value is -0.930. The number of amides is 2. The topological polar surface area (TPSA) is 70.6 Å². The van der Waals surface area contributed by atoms with Gasteiger partial charge in [-0.3, -0.25) is 0 Å². The van der Waals surface area contributed by atoms with E-state index in [-0.39, 0.29) is 12.1 Å². The van der Waals surface area contributed by atoms with Crippen LogP contribution in [-0.4, -0.2) is 66.6 Å². The van der Waals surface area contributed by atoms with Crippen molar-refractivity contribution in [3.63, 3.8) is 0 Å². The molecule has 1 N–H and O–H groups in total. The molecule has 1 aliphatic carbocycles. The zero-order valence-corrected chi connectivity index (χ0v) is 15.2. The number of ether oxygens (including phenoxy) is 1. The number of urea groups is 1. The van der Waals surface area contributed by atoms with E-state index in [0.717, 1.165) is 22.1 Å². The molecular formula is C14H20BrN5O2S. The lowest BCUT2D eigenvalue weighted by Crippen LogP contribution is -2.56.